The van der Waals surface area contributed by atoms with E-state index in [4.69, 9.17) is 27.8 Å². The first-order chi connectivity index (χ1) is 16.8. The average molecular weight is 583 g/mol. The molecule has 0 aliphatic carbocycles. The molecule has 2 fully saturated rings. The molecule has 1 atom stereocenters. The van der Waals surface area contributed by atoms with E-state index in [2.05, 4.69) is 30.9 Å². The number of nitrogens with two attached hydrogens (primary N) is 2. The summed E-state index contributed by atoms with van der Waals surface area (Å²) < 4.78 is 8.92. The monoisotopic (exact) mass is 581 g/mol. The van der Waals surface area contributed by atoms with E-state index >= 15 is 0 Å². The fourth-order valence-corrected chi connectivity index (χ4v) is 6.80. The highest BCUT2D eigenvalue weighted by molar-refractivity contribution is 9.10. The van der Waals surface area contributed by atoms with Crippen molar-refractivity contribution in [3.8, 4) is 5.75 Å². The summed E-state index contributed by atoms with van der Waals surface area (Å²) in [6.45, 7) is 2.74. The summed E-state index contributed by atoms with van der Waals surface area (Å²) in [6.07, 6.45) is 5.13. The van der Waals surface area contributed by atoms with E-state index in [-0.39, 0.29) is 23.3 Å². The van der Waals surface area contributed by atoms with Gasteiger partial charge in [-0.25, -0.2) is 9.50 Å². The van der Waals surface area contributed by atoms with Gasteiger partial charge in [0, 0.05) is 37.7 Å². The second kappa shape index (κ2) is 9.82. The standard InChI is InChI=1S/C22H25BrClN7O3S/c23-14-8-13(17-21(25)27-11-28-31(14)17)30-7-3-4-12(9-30)16-18(19(22(26)33)35-20(16)24)34-10-15(32)29-5-1-2-6-29/h8,11-12H,1-7,9-10H2,(H2,26,33)(H2,25,27,28). The van der Waals surface area contributed by atoms with Gasteiger partial charge in [-0.05, 0) is 47.7 Å². The molecular weight excluding hydrogens is 558 g/mol. The summed E-state index contributed by atoms with van der Waals surface area (Å²) in [5.74, 6) is -0.0321. The molecule has 3 aromatic rings. The summed E-state index contributed by atoms with van der Waals surface area (Å²) in [6, 6.07) is 1.97. The quantitative estimate of drug-likeness (QED) is 0.456. The predicted molar refractivity (Wildman–Crippen MR) is 138 cm³/mol. The number of carbonyl (C=O) groups is 2. The number of nitrogen functional groups attached to an aromatic ring is 1. The molecule has 0 spiro atoms. The zero-order valence-electron chi connectivity index (χ0n) is 18.9. The lowest BCUT2D eigenvalue weighted by Gasteiger charge is -2.34. The van der Waals surface area contributed by atoms with Crippen molar-refractivity contribution in [2.24, 2.45) is 5.73 Å². The molecule has 5 rings (SSSR count). The minimum atomic E-state index is -0.619. The number of likely N-dealkylation sites (tertiary alicyclic amines) is 1. The van der Waals surface area contributed by atoms with Gasteiger partial charge < -0.3 is 26.0 Å². The average Bonchev–Trinajstić information content (AvgIpc) is 3.56. The lowest BCUT2D eigenvalue weighted by atomic mass is 9.91. The molecule has 0 saturated carbocycles. The molecule has 35 heavy (non-hydrogen) atoms. The molecule has 5 heterocycles. The van der Waals surface area contributed by atoms with Crippen LogP contribution in [-0.2, 0) is 4.79 Å². The molecule has 13 heteroatoms. The van der Waals surface area contributed by atoms with Crippen LogP contribution in [0.5, 0.6) is 5.75 Å². The Kier molecular flexibility index (Phi) is 6.78. The van der Waals surface area contributed by atoms with Crippen LogP contribution in [0.25, 0.3) is 5.52 Å². The summed E-state index contributed by atoms with van der Waals surface area (Å²) in [4.78, 5) is 33.2. The maximum absolute atomic E-state index is 12.6. The normalized spacial score (nSPS) is 18.4. The molecule has 186 valence electrons. The highest BCUT2D eigenvalue weighted by Gasteiger charge is 2.33. The summed E-state index contributed by atoms with van der Waals surface area (Å²) in [5.41, 5.74) is 14.2. The van der Waals surface area contributed by atoms with Crippen molar-refractivity contribution >= 4 is 67.7 Å². The van der Waals surface area contributed by atoms with Gasteiger partial charge in [0.15, 0.2) is 12.4 Å². The first kappa shape index (κ1) is 24.1. The van der Waals surface area contributed by atoms with E-state index in [1.54, 1.807) is 9.42 Å². The first-order valence-electron chi connectivity index (χ1n) is 11.4. The van der Waals surface area contributed by atoms with Crippen molar-refractivity contribution in [3.63, 3.8) is 0 Å². The third kappa shape index (κ3) is 4.54. The lowest BCUT2D eigenvalue weighted by molar-refractivity contribution is -0.132. The number of primary amides is 1. The molecule has 3 aromatic heterocycles. The van der Waals surface area contributed by atoms with E-state index in [1.165, 1.54) is 6.33 Å². The molecule has 2 saturated heterocycles. The van der Waals surface area contributed by atoms with Crippen molar-refractivity contribution < 1.29 is 14.3 Å². The van der Waals surface area contributed by atoms with Crippen LogP contribution in [0.1, 0.15) is 46.8 Å². The Hall–Kier alpha value is -2.57. The number of anilines is 2. The first-order valence-corrected chi connectivity index (χ1v) is 13.4. The van der Waals surface area contributed by atoms with Crippen molar-refractivity contribution in [3.05, 3.63) is 31.8 Å². The summed E-state index contributed by atoms with van der Waals surface area (Å²) in [5, 5.41) is 4.28. The number of rotatable bonds is 6. The smallest absolute Gasteiger partial charge is 0.262 e. The zero-order chi connectivity index (χ0) is 24.7. The Bertz CT molecular complexity index is 1290. The van der Waals surface area contributed by atoms with Crippen molar-refractivity contribution in [1.82, 2.24) is 19.5 Å². The zero-order valence-corrected chi connectivity index (χ0v) is 22.0. The van der Waals surface area contributed by atoms with Crippen LogP contribution in [0, 0.1) is 0 Å². The number of halogens is 2. The number of hydrogen-bond donors (Lipinski definition) is 2. The van der Waals surface area contributed by atoms with Crippen LogP contribution in [0.15, 0.2) is 17.0 Å². The van der Waals surface area contributed by atoms with Gasteiger partial charge in [0.25, 0.3) is 11.8 Å². The van der Waals surface area contributed by atoms with Crippen molar-refractivity contribution in [2.75, 3.05) is 43.4 Å². The highest BCUT2D eigenvalue weighted by Crippen LogP contribution is 2.47. The van der Waals surface area contributed by atoms with Crippen LogP contribution in [0.2, 0.25) is 4.34 Å². The van der Waals surface area contributed by atoms with Gasteiger partial charge in [0.1, 0.15) is 31.4 Å². The van der Waals surface area contributed by atoms with E-state index in [1.807, 2.05) is 6.07 Å². The molecule has 0 aromatic carbocycles. The number of thiophene rings is 1. The fourth-order valence-electron chi connectivity index (χ4n) is 4.93. The van der Waals surface area contributed by atoms with E-state index < -0.39 is 5.91 Å². The number of amides is 2. The van der Waals surface area contributed by atoms with Crippen LogP contribution in [-0.4, -0.2) is 64.1 Å². The largest absolute Gasteiger partial charge is 0.482 e. The third-order valence-electron chi connectivity index (χ3n) is 6.57. The Morgan fingerprint density at radius 3 is 2.77 bits per heavy atom. The number of ether oxygens (including phenoxy) is 1. The van der Waals surface area contributed by atoms with Crippen LogP contribution >= 0.6 is 38.9 Å². The maximum Gasteiger partial charge on any atom is 0.262 e. The Morgan fingerprint density at radius 2 is 2.03 bits per heavy atom. The minimum absolute atomic E-state index is 0.0305. The Labute approximate surface area is 219 Å². The van der Waals surface area contributed by atoms with Gasteiger partial charge in [-0.1, -0.05) is 11.6 Å². The second-order valence-corrected chi connectivity index (χ2v) is 11.2. The number of piperidine rings is 1. The minimum Gasteiger partial charge on any atom is -0.482 e. The van der Waals surface area contributed by atoms with Crippen LogP contribution < -0.4 is 21.1 Å². The molecule has 0 bridgehead atoms. The molecule has 2 aliphatic heterocycles. The maximum atomic E-state index is 12.6. The van der Waals surface area contributed by atoms with Gasteiger partial charge in [0.2, 0.25) is 0 Å². The Morgan fingerprint density at radius 1 is 1.26 bits per heavy atom. The topological polar surface area (TPSA) is 132 Å². The van der Waals surface area contributed by atoms with E-state index in [0.717, 1.165) is 78.0 Å². The number of nitrogens with zero attached hydrogens (tertiary/aromatic N) is 5. The van der Waals surface area contributed by atoms with Gasteiger partial charge in [-0.2, -0.15) is 5.10 Å². The van der Waals surface area contributed by atoms with Gasteiger partial charge in [0.05, 0.1) is 5.69 Å². The van der Waals surface area contributed by atoms with Crippen LogP contribution in [0.4, 0.5) is 11.5 Å². The van der Waals surface area contributed by atoms with Gasteiger partial charge in [-0.3, -0.25) is 9.59 Å². The van der Waals surface area contributed by atoms with Crippen molar-refractivity contribution in [2.45, 2.75) is 31.6 Å². The van der Waals surface area contributed by atoms with Crippen molar-refractivity contribution in [1.29, 1.82) is 0 Å². The van der Waals surface area contributed by atoms with E-state index in [0.29, 0.717) is 22.4 Å². The molecular formula is C22H25BrClN7O3S. The molecule has 4 N–H and O–H groups in total. The summed E-state index contributed by atoms with van der Waals surface area (Å²) >= 11 is 11.3. The number of fused-ring (bicyclic) bond motifs is 1. The van der Waals surface area contributed by atoms with E-state index in [9.17, 15) is 9.59 Å². The second-order valence-electron chi connectivity index (χ2n) is 8.73. The van der Waals surface area contributed by atoms with Gasteiger partial charge in [-0.15, -0.1) is 11.3 Å². The van der Waals surface area contributed by atoms with Gasteiger partial charge >= 0.3 is 0 Å². The lowest BCUT2D eigenvalue weighted by Crippen LogP contribution is -2.35. The molecule has 2 amide bonds. The summed E-state index contributed by atoms with van der Waals surface area (Å²) in [7, 11) is 0. The molecule has 0 radical (unpaired) electrons. The fraction of sp³-hybridized carbons (Fsp3) is 0.455. The SMILES string of the molecule is NC(=O)c1sc(Cl)c(C2CCCN(c3cc(Br)n4ncnc(N)c34)C2)c1OCC(=O)N1CCCC1. The number of carbonyl (C=O) groups excluding carboxylic acids is 2. The predicted octanol–water partition coefficient (Wildman–Crippen LogP) is 3.27. The number of hydrogen-bond acceptors (Lipinski definition) is 8. The highest BCUT2D eigenvalue weighted by atomic mass is 79.9. The molecule has 2 aliphatic rings. The molecule has 1 unspecified atom stereocenters. The number of aromatic nitrogens is 3. The van der Waals surface area contributed by atoms with Crippen LogP contribution in [0.3, 0.4) is 0 Å². The molecule has 10 nitrogen and oxygen atoms in total. The Balaban J connectivity index is 1.44. The third-order valence-corrected chi connectivity index (χ3v) is 8.56.